The lowest BCUT2D eigenvalue weighted by Crippen LogP contribution is -2.30. The number of nitrogens with one attached hydrogen (secondary N) is 1. The van der Waals surface area contributed by atoms with Gasteiger partial charge in [0.1, 0.15) is 6.61 Å². The minimum Gasteiger partial charge on any atom is -0.468 e. The third-order valence-electron chi connectivity index (χ3n) is 4.47. The van der Waals surface area contributed by atoms with Crippen LogP contribution in [0.4, 0.5) is 13.2 Å². The van der Waals surface area contributed by atoms with Crippen LogP contribution in [0.1, 0.15) is 40.8 Å². The molecule has 0 radical (unpaired) electrons. The van der Waals surface area contributed by atoms with E-state index in [9.17, 15) is 18.0 Å². The number of hydrogen-bond donors (Lipinski definition) is 1. The van der Waals surface area contributed by atoms with Crippen LogP contribution in [0.15, 0.2) is 47.6 Å². The van der Waals surface area contributed by atoms with Crippen LogP contribution in [0.25, 0.3) is 0 Å². The predicted octanol–water partition coefficient (Wildman–Crippen LogP) is 4.32. The summed E-state index contributed by atoms with van der Waals surface area (Å²) in [6.45, 7) is 3.53. The first-order valence-electron chi connectivity index (χ1n) is 8.98. The molecular formula is C21H23F3N2O4. The molecule has 1 unspecified atom stereocenters. The first-order chi connectivity index (χ1) is 14.2. The van der Waals surface area contributed by atoms with Crippen LogP contribution in [0.5, 0.6) is 0 Å². The Labute approximate surface area is 172 Å². The Balaban J connectivity index is 2.20. The number of hydroxylamine groups is 1. The molecule has 2 aromatic carbocycles. The molecule has 0 aromatic heterocycles. The van der Waals surface area contributed by atoms with E-state index in [0.29, 0.717) is 22.4 Å². The molecule has 1 N–H and O–H groups in total. The van der Waals surface area contributed by atoms with Gasteiger partial charge in [0.15, 0.2) is 6.04 Å². The van der Waals surface area contributed by atoms with E-state index in [4.69, 9.17) is 14.4 Å². The van der Waals surface area contributed by atoms with Gasteiger partial charge >= 0.3 is 12.1 Å². The predicted molar refractivity (Wildman–Crippen MR) is 105 cm³/mol. The van der Waals surface area contributed by atoms with Gasteiger partial charge in [0, 0.05) is 5.56 Å². The number of methoxy groups -OCH3 is 1. The highest BCUT2D eigenvalue weighted by Gasteiger charge is 2.30. The maximum Gasteiger partial charge on any atom is 0.416 e. The van der Waals surface area contributed by atoms with Crippen LogP contribution in [-0.2, 0) is 32.0 Å². The third-order valence-corrected chi connectivity index (χ3v) is 4.47. The largest absolute Gasteiger partial charge is 0.468 e. The lowest BCUT2D eigenvalue weighted by Gasteiger charge is -2.19. The normalized spacial score (nSPS) is 13.1. The molecule has 0 amide bonds. The molecule has 0 saturated carbocycles. The zero-order valence-electron chi connectivity index (χ0n) is 17.0. The first kappa shape index (κ1) is 23.4. The molecule has 0 heterocycles. The number of carbonyl (C=O) groups excluding carboxylic acids is 1. The molecule has 0 spiro atoms. The number of alkyl halides is 3. The maximum atomic E-state index is 12.7. The van der Waals surface area contributed by atoms with Crippen molar-refractivity contribution in [2.75, 3.05) is 14.2 Å². The topological polar surface area (TPSA) is 69.2 Å². The maximum absolute atomic E-state index is 12.7. The van der Waals surface area contributed by atoms with Crippen LogP contribution in [0.2, 0.25) is 0 Å². The number of nitrogens with zero attached hydrogens (tertiary/aromatic N) is 1. The van der Waals surface area contributed by atoms with Gasteiger partial charge in [-0.1, -0.05) is 35.5 Å². The number of benzene rings is 2. The van der Waals surface area contributed by atoms with E-state index in [2.05, 4.69) is 10.6 Å². The minimum atomic E-state index is -4.40. The van der Waals surface area contributed by atoms with Crippen LogP contribution < -0.4 is 5.48 Å². The fourth-order valence-corrected chi connectivity index (χ4v) is 2.81. The number of halogens is 3. The Bertz CT molecular complexity index is 896. The second-order valence-corrected chi connectivity index (χ2v) is 6.45. The van der Waals surface area contributed by atoms with E-state index in [0.717, 1.165) is 17.7 Å². The van der Waals surface area contributed by atoms with Gasteiger partial charge < -0.3 is 14.4 Å². The van der Waals surface area contributed by atoms with Crippen molar-refractivity contribution in [1.29, 1.82) is 0 Å². The van der Waals surface area contributed by atoms with Gasteiger partial charge in [-0.2, -0.15) is 18.7 Å². The number of carbonyl (C=O) groups is 1. The number of esters is 1. The van der Waals surface area contributed by atoms with Gasteiger partial charge in [-0.15, -0.1) is 0 Å². The molecule has 0 saturated heterocycles. The number of hydrogen-bond acceptors (Lipinski definition) is 6. The van der Waals surface area contributed by atoms with E-state index in [1.165, 1.54) is 26.4 Å². The summed E-state index contributed by atoms with van der Waals surface area (Å²) < 4.78 is 42.9. The summed E-state index contributed by atoms with van der Waals surface area (Å²) in [7, 11) is 2.66. The third kappa shape index (κ3) is 5.80. The summed E-state index contributed by atoms with van der Waals surface area (Å²) in [5.74, 6) is -0.534. The van der Waals surface area contributed by atoms with Gasteiger partial charge in [-0.3, -0.25) is 0 Å². The highest BCUT2D eigenvalue weighted by atomic mass is 19.4. The van der Waals surface area contributed by atoms with Crippen LogP contribution >= 0.6 is 0 Å². The van der Waals surface area contributed by atoms with Crippen molar-refractivity contribution in [3.05, 3.63) is 70.3 Å². The average molecular weight is 424 g/mol. The Hall–Kier alpha value is -2.91. The summed E-state index contributed by atoms with van der Waals surface area (Å²) in [4.78, 5) is 22.5. The Morgan fingerprint density at radius 2 is 1.80 bits per heavy atom. The van der Waals surface area contributed by atoms with E-state index in [-0.39, 0.29) is 6.61 Å². The fraction of sp³-hybridized carbons (Fsp3) is 0.333. The van der Waals surface area contributed by atoms with Crippen molar-refractivity contribution in [2.45, 2.75) is 32.7 Å². The molecule has 0 fully saturated rings. The summed E-state index contributed by atoms with van der Waals surface area (Å²) in [6, 6.07) is 9.18. The Morgan fingerprint density at radius 3 is 2.37 bits per heavy atom. The van der Waals surface area contributed by atoms with Gasteiger partial charge in [-0.25, -0.2) is 4.79 Å². The Kier molecular flexibility index (Phi) is 7.96. The molecule has 2 rings (SSSR count). The summed E-state index contributed by atoms with van der Waals surface area (Å²) in [6.07, 6.45) is -4.40. The molecule has 0 aliphatic heterocycles. The zero-order chi connectivity index (χ0) is 22.3. The fourth-order valence-electron chi connectivity index (χ4n) is 2.81. The van der Waals surface area contributed by atoms with Gasteiger partial charge in [-0.05, 0) is 42.7 Å². The molecule has 0 aliphatic rings. The van der Waals surface area contributed by atoms with Crippen molar-refractivity contribution in [3.63, 3.8) is 0 Å². The second kappa shape index (κ2) is 10.2. The lowest BCUT2D eigenvalue weighted by molar-refractivity contribution is -0.147. The van der Waals surface area contributed by atoms with Crippen molar-refractivity contribution in [3.8, 4) is 0 Å². The molecule has 2 aromatic rings. The standard InChI is InChI=1S/C21H23F3N2O4/c1-13-6-5-7-17(19(26-29-4)20(27)28-3)18(13)12-30-25-14(2)15-8-10-16(11-9-15)21(22,23)24/h5-11,19,26H,12H2,1-4H3/b25-14+. The smallest absolute Gasteiger partial charge is 0.416 e. The van der Waals surface area contributed by atoms with Crippen LogP contribution in [0, 0.1) is 6.92 Å². The van der Waals surface area contributed by atoms with E-state index in [1.807, 2.05) is 13.0 Å². The average Bonchev–Trinajstić information content (AvgIpc) is 2.72. The Morgan fingerprint density at radius 1 is 1.13 bits per heavy atom. The summed E-state index contributed by atoms with van der Waals surface area (Å²) >= 11 is 0. The van der Waals surface area contributed by atoms with E-state index < -0.39 is 23.8 Å². The minimum absolute atomic E-state index is 0.0405. The van der Waals surface area contributed by atoms with Crippen molar-refractivity contribution < 1.29 is 32.4 Å². The molecule has 0 bridgehead atoms. The van der Waals surface area contributed by atoms with Gasteiger partial charge in [0.25, 0.3) is 0 Å². The first-order valence-corrected chi connectivity index (χ1v) is 8.98. The highest BCUT2D eigenvalue weighted by molar-refractivity contribution is 5.98. The highest BCUT2D eigenvalue weighted by Crippen LogP contribution is 2.29. The monoisotopic (exact) mass is 424 g/mol. The second-order valence-electron chi connectivity index (χ2n) is 6.45. The van der Waals surface area contributed by atoms with Crippen molar-refractivity contribution in [2.24, 2.45) is 5.16 Å². The van der Waals surface area contributed by atoms with Crippen molar-refractivity contribution >= 4 is 11.7 Å². The molecule has 6 nitrogen and oxygen atoms in total. The molecule has 162 valence electrons. The zero-order valence-corrected chi connectivity index (χ0v) is 17.0. The molecule has 9 heteroatoms. The van der Waals surface area contributed by atoms with E-state index >= 15 is 0 Å². The lowest BCUT2D eigenvalue weighted by atomic mass is 9.97. The number of aryl methyl sites for hydroxylation is 1. The molecule has 30 heavy (non-hydrogen) atoms. The van der Waals surface area contributed by atoms with Crippen LogP contribution in [0.3, 0.4) is 0 Å². The number of rotatable bonds is 8. The summed E-state index contributed by atoms with van der Waals surface area (Å²) in [5, 5.41) is 4.00. The van der Waals surface area contributed by atoms with Gasteiger partial charge in [0.05, 0.1) is 25.5 Å². The molecular weight excluding hydrogens is 401 g/mol. The summed E-state index contributed by atoms with van der Waals surface area (Å²) in [5.41, 5.74) is 4.96. The molecule has 1 atom stereocenters. The molecule has 0 aliphatic carbocycles. The quantitative estimate of drug-likeness (QED) is 0.388. The number of ether oxygens (including phenoxy) is 1. The van der Waals surface area contributed by atoms with Crippen LogP contribution in [-0.4, -0.2) is 25.9 Å². The van der Waals surface area contributed by atoms with Gasteiger partial charge in [0.2, 0.25) is 0 Å². The SMILES string of the molecule is CONC(C(=O)OC)c1cccc(C)c1CO/N=C(\C)c1ccc(C(F)(F)F)cc1. The number of oxime groups is 1. The van der Waals surface area contributed by atoms with E-state index in [1.54, 1.807) is 19.1 Å². The van der Waals surface area contributed by atoms with Crippen molar-refractivity contribution in [1.82, 2.24) is 5.48 Å².